The minimum atomic E-state index is -1.68. The number of rotatable bonds is 7. The summed E-state index contributed by atoms with van der Waals surface area (Å²) in [7, 11) is -1.68. The van der Waals surface area contributed by atoms with Crippen molar-refractivity contribution < 1.29 is 14.2 Å². The van der Waals surface area contributed by atoms with Gasteiger partial charge in [-0.2, -0.15) is 0 Å². The predicted octanol–water partition coefficient (Wildman–Crippen LogP) is 2.15. The van der Waals surface area contributed by atoms with Crippen LogP contribution >= 0.6 is 8.38 Å². The van der Waals surface area contributed by atoms with E-state index in [-0.39, 0.29) is 12.5 Å². The fraction of sp³-hybridized carbons (Fsp3) is 0.267. The highest BCUT2D eigenvalue weighted by Crippen LogP contribution is 2.33. The van der Waals surface area contributed by atoms with Crippen LogP contribution in [-0.4, -0.2) is 36.9 Å². The first-order valence-corrected chi connectivity index (χ1v) is 8.75. The summed E-state index contributed by atoms with van der Waals surface area (Å²) in [5, 5.41) is 0. The first-order chi connectivity index (χ1) is 11.6. The summed E-state index contributed by atoms with van der Waals surface area (Å²) in [6.45, 7) is 2.43. The molecular formula is C15H18N5O3P. The molecule has 24 heavy (non-hydrogen) atoms. The number of fused-ring (bicyclic) bond motifs is 1. The van der Waals surface area contributed by atoms with Crippen LogP contribution in [0.4, 0.5) is 5.82 Å². The molecule has 0 radical (unpaired) electrons. The van der Waals surface area contributed by atoms with Crippen LogP contribution in [0.25, 0.3) is 11.2 Å². The number of nitrogen functional groups attached to an aromatic ring is 1. The second-order valence-corrected chi connectivity index (χ2v) is 6.34. The van der Waals surface area contributed by atoms with Crippen LogP contribution in [0.2, 0.25) is 0 Å². The van der Waals surface area contributed by atoms with Crippen LogP contribution in [-0.2, 0) is 11.3 Å². The summed E-state index contributed by atoms with van der Waals surface area (Å²) in [6, 6.07) is 9.16. The number of hydrogen-bond donors (Lipinski definition) is 2. The first kappa shape index (κ1) is 16.6. The van der Waals surface area contributed by atoms with Gasteiger partial charge in [-0.05, 0) is 19.1 Å². The van der Waals surface area contributed by atoms with Crippen LogP contribution in [0.3, 0.4) is 0 Å². The van der Waals surface area contributed by atoms with Crippen molar-refractivity contribution in [1.82, 2.24) is 19.5 Å². The molecule has 0 fully saturated rings. The standard InChI is InChI=1S/C15H18N5O3P/c1-11(22-10-24(21)23-12-5-3-2-4-6-12)7-20-9-19-13-14(16)17-8-18-15(13)20/h2-6,8-9,11,21H,7,10H2,1H3,(H2,16,17,18)/t11-,24?/m1/s1. The zero-order valence-electron chi connectivity index (χ0n) is 13.1. The Bertz CT molecular complexity index is 798. The lowest BCUT2D eigenvalue weighted by Gasteiger charge is -2.17. The molecule has 1 aromatic carbocycles. The third-order valence-electron chi connectivity index (χ3n) is 3.31. The van der Waals surface area contributed by atoms with Crippen molar-refractivity contribution in [3.8, 4) is 5.75 Å². The molecule has 2 aromatic heterocycles. The Labute approximate surface area is 140 Å². The van der Waals surface area contributed by atoms with Crippen LogP contribution in [0, 0.1) is 0 Å². The zero-order chi connectivity index (χ0) is 16.9. The number of aromatic nitrogens is 4. The summed E-state index contributed by atoms with van der Waals surface area (Å²) < 4.78 is 12.9. The molecular weight excluding hydrogens is 329 g/mol. The van der Waals surface area contributed by atoms with Gasteiger partial charge in [-0.25, -0.2) is 15.0 Å². The molecule has 3 rings (SSSR count). The number of hydrogen-bond acceptors (Lipinski definition) is 7. The summed E-state index contributed by atoms with van der Waals surface area (Å²) in [5.41, 5.74) is 6.99. The van der Waals surface area contributed by atoms with E-state index in [1.54, 1.807) is 18.5 Å². The van der Waals surface area contributed by atoms with Crippen LogP contribution < -0.4 is 10.3 Å². The molecule has 3 N–H and O–H groups in total. The van der Waals surface area contributed by atoms with E-state index in [2.05, 4.69) is 15.0 Å². The Kier molecular flexibility index (Phi) is 5.20. The molecule has 126 valence electrons. The van der Waals surface area contributed by atoms with Gasteiger partial charge in [0.15, 0.2) is 11.5 Å². The van der Waals surface area contributed by atoms with Crippen molar-refractivity contribution in [3.63, 3.8) is 0 Å². The van der Waals surface area contributed by atoms with Gasteiger partial charge in [-0.15, -0.1) is 0 Å². The Morgan fingerprint density at radius 3 is 2.83 bits per heavy atom. The highest BCUT2D eigenvalue weighted by Gasteiger charge is 2.14. The largest absolute Gasteiger partial charge is 0.446 e. The minimum absolute atomic E-state index is 0.120. The molecule has 0 spiro atoms. The molecule has 0 aliphatic heterocycles. The Morgan fingerprint density at radius 2 is 2.04 bits per heavy atom. The first-order valence-electron chi connectivity index (χ1n) is 7.36. The van der Waals surface area contributed by atoms with Crippen molar-refractivity contribution in [2.45, 2.75) is 19.6 Å². The number of ether oxygens (including phenoxy) is 1. The lowest BCUT2D eigenvalue weighted by Crippen LogP contribution is -2.17. The summed E-state index contributed by atoms with van der Waals surface area (Å²) in [4.78, 5) is 22.3. The maximum Gasteiger partial charge on any atom is 0.255 e. The van der Waals surface area contributed by atoms with Crippen molar-refractivity contribution >= 4 is 25.4 Å². The second-order valence-electron chi connectivity index (χ2n) is 5.19. The maximum absolute atomic E-state index is 9.95. The second kappa shape index (κ2) is 7.53. The van der Waals surface area contributed by atoms with Crippen molar-refractivity contribution in [2.75, 3.05) is 12.1 Å². The Hall–Kier alpha value is -2.28. The van der Waals surface area contributed by atoms with Crippen LogP contribution in [0.15, 0.2) is 43.0 Å². The predicted molar refractivity (Wildman–Crippen MR) is 91.4 cm³/mol. The summed E-state index contributed by atoms with van der Waals surface area (Å²) in [6.07, 6.45) is 3.02. The molecule has 0 bridgehead atoms. The highest BCUT2D eigenvalue weighted by molar-refractivity contribution is 7.46. The molecule has 0 aliphatic rings. The molecule has 9 heteroatoms. The fourth-order valence-electron chi connectivity index (χ4n) is 2.18. The number of para-hydroxylation sites is 1. The van der Waals surface area contributed by atoms with Crippen molar-refractivity contribution in [1.29, 1.82) is 0 Å². The molecule has 2 heterocycles. The van der Waals surface area contributed by atoms with E-state index in [1.165, 1.54) is 6.33 Å². The molecule has 0 saturated carbocycles. The van der Waals surface area contributed by atoms with E-state index in [0.717, 1.165) is 0 Å². The summed E-state index contributed by atoms with van der Waals surface area (Å²) in [5.74, 6) is 0.970. The average Bonchev–Trinajstić information content (AvgIpc) is 2.98. The molecule has 0 saturated heterocycles. The Balaban J connectivity index is 1.53. The van der Waals surface area contributed by atoms with E-state index < -0.39 is 8.38 Å². The topological polar surface area (TPSA) is 108 Å². The average molecular weight is 347 g/mol. The summed E-state index contributed by atoms with van der Waals surface area (Å²) >= 11 is 0. The minimum Gasteiger partial charge on any atom is -0.446 e. The molecule has 0 aliphatic carbocycles. The Morgan fingerprint density at radius 1 is 1.25 bits per heavy atom. The highest BCUT2D eigenvalue weighted by atomic mass is 31.2. The van der Waals surface area contributed by atoms with E-state index >= 15 is 0 Å². The fourth-order valence-corrected chi connectivity index (χ4v) is 2.98. The van der Waals surface area contributed by atoms with Gasteiger partial charge in [-0.3, -0.25) is 0 Å². The monoisotopic (exact) mass is 347 g/mol. The van der Waals surface area contributed by atoms with Gasteiger partial charge < -0.3 is 24.5 Å². The number of benzene rings is 1. The smallest absolute Gasteiger partial charge is 0.255 e. The van der Waals surface area contributed by atoms with Gasteiger partial charge >= 0.3 is 0 Å². The number of nitrogens with zero attached hydrogens (tertiary/aromatic N) is 4. The zero-order valence-corrected chi connectivity index (χ0v) is 14.0. The van der Waals surface area contributed by atoms with Gasteiger partial charge in [0.05, 0.1) is 19.0 Å². The number of imidazole rings is 1. The van der Waals surface area contributed by atoms with E-state index in [1.807, 2.05) is 29.7 Å². The molecule has 0 amide bonds. The number of nitrogens with two attached hydrogens (primary N) is 1. The normalized spacial score (nSPS) is 13.8. The van der Waals surface area contributed by atoms with Gasteiger partial charge in [-0.1, -0.05) is 18.2 Å². The number of anilines is 1. The van der Waals surface area contributed by atoms with Crippen molar-refractivity contribution in [3.05, 3.63) is 43.0 Å². The van der Waals surface area contributed by atoms with Gasteiger partial charge in [0.1, 0.15) is 23.9 Å². The molecule has 3 aromatic rings. The van der Waals surface area contributed by atoms with E-state index in [4.69, 9.17) is 15.0 Å². The van der Waals surface area contributed by atoms with Crippen LogP contribution in [0.1, 0.15) is 6.92 Å². The lowest BCUT2D eigenvalue weighted by molar-refractivity contribution is 0.0827. The third-order valence-corrected chi connectivity index (χ3v) is 4.10. The quantitative estimate of drug-likeness (QED) is 0.630. The van der Waals surface area contributed by atoms with E-state index in [0.29, 0.717) is 29.3 Å². The molecule has 8 nitrogen and oxygen atoms in total. The van der Waals surface area contributed by atoms with Gasteiger partial charge in [0.2, 0.25) is 0 Å². The maximum atomic E-state index is 9.95. The lowest BCUT2D eigenvalue weighted by atomic mass is 10.3. The van der Waals surface area contributed by atoms with Crippen LogP contribution in [0.5, 0.6) is 5.75 Å². The third kappa shape index (κ3) is 3.97. The SMILES string of the molecule is C[C@H](Cn1cnc2c(N)ncnc21)OCP(O)Oc1ccccc1. The molecule has 2 atom stereocenters. The molecule has 1 unspecified atom stereocenters. The van der Waals surface area contributed by atoms with Gasteiger partial charge in [0, 0.05) is 0 Å². The van der Waals surface area contributed by atoms with E-state index in [9.17, 15) is 4.89 Å². The van der Waals surface area contributed by atoms with Crippen molar-refractivity contribution in [2.24, 2.45) is 0 Å². The van der Waals surface area contributed by atoms with Gasteiger partial charge in [0.25, 0.3) is 8.38 Å².